The highest BCUT2D eigenvalue weighted by Crippen LogP contribution is 2.20. The van der Waals surface area contributed by atoms with Gasteiger partial charge in [0.15, 0.2) is 0 Å². The van der Waals surface area contributed by atoms with Gasteiger partial charge in [-0.25, -0.2) is 0 Å². The van der Waals surface area contributed by atoms with Crippen molar-refractivity contribution in [2.45, 2.75) is 33.7 Å². The minimum absolute atomic E-state index is 0.00208. The summed E-state index contributed by atoms with van der Waals surface area (Å²) in [6.45, 7) is 8.18. The smallest absolute Gasteiger partial charge is 0.252 e. The SMILES string of the molecule is Cc1ccc(C)c([C@@H](C)NC(=O)c2csc(C)c2)c1. The Balaban J connectivity index is 2.14. The van der Waals surface area contributed by atoms with E-state index in [-0.39, 0.29) is 11.9 Å². The Morgan fingerprint density at radius 3 is 2.58 bits per heavy atom. The topological polar surface area (TPSA) is 29.1 Å². The Morgan fingerprint density at radius 1 is 1.21 bits per heavy atom. The fourth-order valence-corrected chi connectivity index (χ4v) is 2.83. The molecule has 0 bridgehead atoms. The van der Waals surface area contributed by atoms with Crippen LogP contribution in [0.25, 0.3) is 0 Å². The largest absolute Gasteiger partial charge is 0.345 e. The predicted molar refractivity (Wildman–Crippen MR) is 80.9 cm³/mol. The van der Waals surface area contributed by atoms with Crippen molar-refractivity contribution in [1.29, 1.82) is 0 Å². The standard InChI is InChI=1S/C16H19NOS/c1-10-5-6-11(2)15(7-10)13(4)17-16(18)14-8-12(3)19-9-14/h5-9,13H,1-4H3,(H,17,18)/t13-/m1/s1. The lowest BCUT2D eigenvalue weighted by Crippen LogP contribution is -2.26. The summed E-state index contributed by atoms with van der Waals surface area (Å²) in [5, 5.41) is 4.96. The van der Waals surface area contributed by atoms with Crippen LogP contribution < -0.4 is 5.32 Å². The van der Waals surface area contributed by atoms with Crippen LogP contribution in [0, 0.1) is 20.8 Å². The van der Waals surface area contributed by atoms with Crippen molar-refractivity contribution in [1.82, 2.24) is 5.32 Å². The van der Waals surface area contributed by atoms with Crippen molar-refractivity contribution in [3.05, 3.63) is 56.8 Å². The third-order valence-electron chi connectivity index (χ3n) is 3.24. The third-order valence-corrected chi connectivity index (χ3v) is 4.10. The molecule has 0 aliphatic rings. The molecule has 2 nitrogen and oxygen atoms in total. The number of hydrogen-bond acceptors (Lipinski definition) is 2. The Morgan fingerprint density at radius 2 is 1.95 bits per heavy atom. The van der Waals surface area contributed by atoms with Crippen LogP contribution in [0.5, 0.6) is 0 Å². The van der Waals surface area contributed by atoms with Crippen LogP contribution in [0.2, 0.25) is 0 Å². The molecule has 0 saturated heterocycles. The molecule has 0 saturated carbocycles. The number of benzene rings is 1. The molecule has 2 aromatic rings. The van der Waals surface area contributed by atoms with Crippen molar-refractivity contribution in [2.24, 2.45) is 0 Å². The van der Waals surface area contributed by atoms with E-state index in [0.29, 0.717) is 0 Å². The molecule has 19 heavy (non-hydrogen) atoms. The molecule has 1 heterocycles. The summed E-state index contributed by atoms with van der Waals surface area (Å²) in [5.74, 6) is -0.00208. The molecule has 0 fully saturated rings. The van der Waals surface area contributed by atoms with Crippen LogP contribution in [0.3, 0.4) is 0 Å². The Labute approximate surface area is 118 Å². The van der Waals surface area contributed by atoms with Gasteiger partial charge in [0.1, 0.15) is 0 Å². The molecule has 2 rings (SSSR count). The van der Waals surface area contributed by atoms with Gasteiger partial charge in [-0.15, -0.1) is 11.3 Å². The highest BCUT2D eigenvalue weighted by Gasteiger charge is 2.14. The number of carbonyl (C=O) groups is 1. The molecular formula is C16H19NOS. The zero-order valence-electron chi connectivity index (χ0n) is 11.8. The zero-order valence-corrected chi connectivity index (χ0v) is 12.6. The first-order chi connectivity index (χ1) is 8.97. The minimum Gasteiger partial charge on any atom is -0.345 e. The van der Waals surface area contributed by atoms with E-state index in [1.54, 1.807) is 11.3 Å². The molecule has 1 aromatic carbocycles. The summed E-state index contributed by atoms with van der Waals surface area (Å²) in [6.07, 6.45) is 0. The summed E-state index contributed by atoms with van der Waals surface area (Å²) in [5.41, 5.74) is 4.35. The van der Waals surface area contributed by atoms with Crippen molar-refractivity contribution in [3.63, 3.8) is 0 Å². The maximum absolute atomic E-state index is 12.1. The van der Waals surface area contributed by atoms with Crippen molar-refractivity contribution in [2.75, 3.05) is 0 Å². The molecule has 1 N–H and O–H groups in total. The van der Waals surface area contributed by atoms with Gasteiger partial charge in [-0.2, -0.15) is 0 Å². The van der Waals surface area contributed by atoms with Crippen LogP contribution in [-0.4, -0.2) is 5.91 Å². The lowest BCUT2D eigenvalue weighted by molar-refractivity contribution is 0.0940. The highest BCUT2D eigenvalue weighted by atomic mass is 32.1. The molecule has 0 aliphatic carbocycles. The van der Waals surface area contributed by atoms with Crippen molar-refractivity contribution < 1.29 is 4.79 Å². The van der Waals surface area contributed by atoms with E-state index in [1.807, 2.05) is 25.3 Å². The van der Waals surface area contributed by atoms with Gasteiger partial charge >= 0.3 is 0 Å². The summed E-state index contributed by atoms with van der Waals surface area (Å²) >= 11 is 1.60. The lowest BCUT2D eigenvalue weighted by atomic mass is 10.00. The maximum Gasteiger partial charge on any atom is 0.252 e. The van der Waals surface area contributed by atoms with Crippen LogP contribution in [-0.2, 0) is 0 Å². The first-order valence-electron chi connectivity index (χ1n) is 6.40. The molecule has 1 aromatic heterocycles. The fourth-order valence-electron chi connectivity index (χ4n) is 2.15. The number of rotatable bonds is 3. The highest BCUT2D eigenvalue weighted by molar-refractivity contribution is 7.10. The summed E-state index contributed by atoms with van der Waals surface area (Å²) < 4.78 is 0. The maximum atomic E-state index is 12.1. The first-order valence-corrected chi connectivity index (χ1v) is 7.28. The quantitative estimate of drug-likeness (QED) is 0.893. The summed E-state index contributed by atoms with van der Waals surface area (Å²) in [4.78, 5) is 13.3. The van der Waals surface area contributed by atoms with Crippen LogP contribution >= 0.6 is 11.3 Å². The second-order valence-electron chi connectivity index (χ2n) is 5.00. The number of hydrogen-bond donors (Lipinski definition) is 1. The van der Waals surface area contributed by atoms with Crippen LogP contribution in [0.4, 0.5) is 0 Å². The number of amides is 1. The monoisotopic (exact) mass is 273 g/mol. The van der Waals surface area contributed by atoms with Gasteiger partial charge in [-0.1, -0.05) is 23.8 Å². The Kier molecular flexibility index (Phi) is 4.05. The van der Waals surface area contributed by atoms with Gasteiger partial charge < -0.3 is 5.32 Å². The summed E-state index contributed by atoms with van der Waals surface area (Å²) in [7, 11) is 0. The van der Waals surface area contributed by atoms with Gasteiger partial charge in [0, 0.05) is 10.3 Å². The third kappa shape index (κ3) is 3.24. The van der Waals surface area contributed by atoms with E-state index in [0.717, 1.165) is 10.4 Å². The number of thiophene rings is 1. The molecular weight excluding hydrogens is 254 g/mol. The molecule has 0 unspecified atom stereocenters. The Hall–Kier alpha value is -1.61. The molecule has 100 valence electrons. The molecule has 3 heteroatoms. The average Bonchev–Trinajstić information content (AvgIpc) is 2.79. The molecule has 0 radical (unpaired) electrons. The van der Waals surface area contributed by atoms with Gasteiger partial charge in [-0.05, 0) is 44.9 Å². The second kappa shape index (κ2) is 5.57. The number of carbonyl (C=O) groups excluding carboxylic acids is 1. The van der Waals surface area contributed by atoms with Crippen LogP contribution in [0.1, 0.15) is 44.9 Å². The second-order valence-corrected chi connectivity index (χ2v) is 6.12. The van der Waals surface area contributed by atoms with E-state index in [9.17, 15) is 4.79 Å². The molecule has 1 atom stereocenters. The van der Waals surface area contributed by atoms with Crippen molar-refractivity contribution >= 4 is 17.2 Å². The van der Waals surface area contributed by atoms with E-state index < -0.39 is 0 Å². The first kappa shape index (κ1) is 13.8. The van der Waals surface area contributed by atoms with Crippen LogP contribution in [0.15, 0.2) is 29.6 Å². The minimum atomic E-state index is -0.00208. The van der Waals surface area contributed by atoms with Gasteiger partial charge in [0.2, 0.25) is 0 Å². The molecule has 1 amide bonds. The lowest BCUT2D eigenvalue weighted by Gasteiger charge is -2.17. The van der Waals surface area contributed by atoms with E-state index in [1.165, 1.54) is 16.7 Å². The van der Waals surface area contributed by atoms with E-state index in [4.69, 9.17) is 0 Å². The van der Waals surface area contributed by atoms with Gasteiger partial charge in [0.05, 0.1) is 11.6 Å². The number of aryl methyl sites for hydroxylation is 3. The normalized spacial score (nSPS) is 12.2. The van der Waals surface area contributed by atoms with Gasteiger partial charge in [0.25, 0.3) is 5.91 Å². The summed E-state index contributed by atoms with van der Waals surface area (Å²) in [6, 6.07) is 8.28. The van der Waals surface area contributed by atoms with Crippen molar-refractivity contribution in [3.8, 4) is 0 Å². The number of nitrogens with one attached hydrogen (secondary N) is 1. The van der Waals surface area contributed by atoms with Gasteiger partial charge in [-0.3, -0.25) is 4.79 Å². The predicted octanol–water partition coefficient (Wildman–Crippen LogP) is 4.16. The fraction of sp³-hybridized carbons (Fsp3) is 0.312. The van der Waals surface area contributed by atoms with E-state index >= 15 is 0 Å². The Bertz CT molecular complexity index is 601. The van der Waals surface area contributed by atoms with E-state index in [2.05, 4.69) is 37.4 Å². The average molecular weight is 273 g/mol. The molecule has 0 aliphatic heterocycles. The molecule has 0 spiro atoms. The zero-order chi connectivity index (χ0) is 14.0.